The molecule has 0 radical (unpaired) electrons. The van der Waals surface area contributed by atoms with Gasteiger partial charge in [0, 0.05) is 16.6 Å². The van der Waals surface area contributed by atoms with Gasteiger partial charge in [-0.15, -0.1) is 11.3 Å². The fraction of sp³-hybridized carbons (Fsp3) is 0.292. The van der Waals surface area contributed by atoms with E-state index in [1.165, 1.54) is 16.9 Å². The van der Waals surface area contributed by atoms with E-state index in [0.29, 0.717) is 18.0 Å². The van der Waals surface area contributed by atoms with Crippen molar-refractivity contribution in [2.45, 2.75) is 32.9 Å². The van der Waals surface area contributed by atoms with Gasteiger partial charge in [0.2, 0.25) is 0 Å². The van der Waals surface area contributed by atoms with Crippen molar-refractivity contribution in [2.75, 3.05) is 18.6 Å². The highest BCUT2D eigenvalue weighted by Gasteiger charge is 2.32. The number of aliphatic hydroxyl groups is 1. The van der Waals surface area contributed by atoms with Crippen molar-refractivity contribution in [1.29, 1.82) is 0 Å². The number of hydrogen-bond acceptors (Lipinski definition) is 5. The first-order valence-electron chi connectivity index (χ1n) is 9.80. The Morgan fingerprint density at radius 2 is 1.83 bits per heavy atom. The first kappa shape index (κ1) is 20.4. The Bertz CT molecular complexity index is 1080. The van der Waals surface area contributed by atoms with Crippen molar-refractivity contribution in [1.82, 2.24) is 0 Å². The molecule has 1 N–H and O–H groups in total. The van der Waals surface area contributed by atoms with E-state index in [-0.39, 0.29) is 12.5 Å². The molecule has 0 spiro atoms. The molecule has 0 aliphatic carbocycles. The summed E-state index contributed by atoms with van der Waals surface area (Å²) in [6.45, 7) is 6.10. The number of methoxy groups -OCH3 is 1. The minimum atomic E-state index is -0.946. The molecule has 30 heavy (non-hydrogen) atoms. The molecule has 2 heterocycles. The Balaban J connectivity index is 1.55. The van der Waals surface area contributed by atoms with Gasteiger partial charge in [0.05, 0.1) is 24.1 Å². The molecule has 0 bridgehead atoms. The Morgan fingerprint density at radius 1 is 1.10 bits per heavy atom. The molecule has 0 atom stereocenters. The van der Waals surface area contributed by atoms with Gasteiger partial charge in [-0.05, 0) is 50.1 Å². The van der Waals surface area contributed by atoms with E-state index in [1.807, 2.05) is 6.07 Å². The molecule has 0 saturated heterocycles. The summed E-state index contributed by atoms with van der Waals surface area (Å²) in [5.41, 5.74) is 3.20. The maximum absolute atomic E-state index is 13.1. The molecule has 1 amide bonds. The lowest BCUT2D eigenvalue weighted by Gasteiger charge is -2.21. The molecule has 4 rings (SSSR count). The highest BCUT2D eigenvalue weighted by molar-refractivity contribution is 7.17. The van der Waals surface area contributed by atoms with Crippen molar-refractivity contribution >= 4 is 22.9 Å². The van der Waals surface area contributed by atoms with Crippen LogP contribution in [0.5, 0.6) is 11.5 Å². The molecule has 1 aliphatic rings. The summed E-state index contributed by atoms with van der Waals surface area (Å²) in [6, 6.07) is 15.9. The topological polar surface area (TPSA) is 59.0 Å². The molecule has 5 nitrogen and oxygen atoms in total. The number of carbonyl (C=O) groups is 1. The number of anilines is 1. The van der Waals surface area contributed by atoms with Gasteiger partial charge in [0.1, 0.15) is 6.61 Å². The van der Waals surface area contributed by atoms with Crippen LogP contribution in [-0.2, 0) is 6.54 Å². The number of thiophene rings is 1. The van der Waals surface area contributed by atoms with Crippen molar-refractivity contribution in [3.05, 3.63) is 64.5 Å². The number of ether oxygens (including phenoxy) is 2. The minimum absolute atomic E-state index is 0.000532. The van der Waals surface area contributed by atoms with Crippen molar-refractivity contribution < 1.29 is 19.4 Å². The zero-order valence-electron chi connectivity index (χ0n) is 17.6. The SMILES string of the molecule is COc1cc(N2Cc3cc(-c4ccc(C)cc4)sc3C2=O)ccc1OCC(C)(C)O. The average Bonchev–Trinajstić information content (AvgIpc) is 3.26. The van der Waals surface area contributed by atoms with Crippen LogP contribution in [0.2, 0.25) is 0 Å². The predicted octanol–water partition coefficient (Wildman–Crippen LogP) is 5.04. The van der Waals surface area contributed by atoms with Gasteiger partial charge in [-0.2, -0.15) is 0 Å². The van der Waals surface area contributed by atoms with Gasteiger partial charge < -0.3 is 19.5 Å². The second kappa shape index (κ2) is 7.78. The normalized spacial score (nSPS) is 13.5. The fourth-order valence-electron chi connectivity index (χ4n) is 3.36. The fourth-order valence-corrected chi connectivity index (χ4v) is 4.49. The smallest absolute Gasteiger partial charge is 0.269 e. The van der Waals surface area contributed by atoms with Gasteiger partial charge in [-0.1, -0.05) is 29.8 Å². The average molecular weight is 424 g/mol. The Labute approximate surface area is 180 Å². The third kappa shape index (κ3) is 4.06. The van der Waals surface area contributed by atoms with E-state index < -0.39 is 5.60 Å². The highest BCUT2D eigenvalue weighted by Crippen LogP contribution is 2.40. The van der Waals surface area contributed by atoms with E-state index >= 15 is 0 Å². The standard InChI is InChI=1S/C24H25NO4S/c1-15-5-7-16(8-6-15)21-11-17-13-25(23(26)22(17)30-21)18-9-10-19(20(12-18)28-4)29-14-24(2,3)27/h5-12,27H,13-14H2,1-4H3. The molecule has 1 aliphatic heterocycles. The van der Waals surface area contributed by atoms with E-state index in [1.54, 1.807) is 38.0 Å². The summed E-state index contributed by atoms with van der Waals surface area (Å²) in [4.78, 5) is 16.7. The van der Waals surface area contributed by atoms with Crippen LogP contribution in [0.25, 0.3) is 10.4 Å². The molecule has 0 fully saturated rings. The summed E-state index contributed by atoms with van der Waals surface area (Å²) >= 11 is 1.54. The van der Waals surface area contributed by atoms with E-state index in [2.05, 4.69) is 37.3 Å². The van der Waals surface area contributed by atoms with Gasteiger partial charge >= 0.3 is 0 Å². The molecule has 0 unspecified atom stereocenters. The van der Waals surface area contributed by atoms with Crippen molar-refractivity contribution in [3.8, 4) is 21.9 Å². The number of nitrogens with zero attached hydrogens (tertiary/aromatic N) is 1. The number of aryl methyl sites for hydroxylation is 1. The van der Waals surface area contributed by atoms with Gasteiger partial charge in [0.15, 0.2) is 11.5 Å². The van der Waals surface area contributed by atoms with Gasteiger partial charge in [0.25, 0.3) is 5.91 Å². The Morgan fingerprint density at radius 3 is 2.47 bits per heavy atom. The van der Waals surface area contributed by atoms with Crippen LogP contribution >= 0.6 is 11.3 Å². The molecular weight excluding hydrogens is 398 g/mol. The summed E-state index contributed by atoms with van der Waals surface area (Å²) in [5, 5.41) is 9.88. The van der Waals surface area contributed by atoms with Crippen LogP contribution in [0.3, 0.4) is 0 Å². The second-order valence-electron chi connectivity index (χ2n) is 8.16. The Hall–Kier alpha value is -2.83. The lowest BCUT2D eigenvalue weighted by molar-refractivity contribution is 0.0276. The number of hydrogen-bond donors (Lipinski definition) is 1. The monoisotopic (exact) mass is 423 g/mol. The van der Waals surface area contributed by atoms with Crippen LogP contribution in [0, 0.1) is 6.92 Å². The number of rotatable bonds is 6. The van der Waals surface area contributed by atoms with Crippen LogP contribution in [0.4, 0.5) is 5.69 Å². The summed E-state index contributed by atoms with van der Waals surface area (Å²) < 4.78 is 11.1. The quantitative estimate of drug-likeness (QED) is 0.603. The van der Waals surface area contributed by atoms with Gasteiger partial charge in [-0.3, -0.25) is 4.79 Å². The maximum Gasteiger partial charge on any atom is 0.269 e. The number of fused-ring (bicyclic) bond motifs is 1. The van der Waals surface area contributed by atoms with Crippen LogP contribution in [0.15, 0.2) is 48.5 Å². The van der Waals surface area contributed by atoms with E-state index in [9.17, 15) is 9.90 Å². The summed E-state index contributed by atoms with van der Waals surface area (Å²) in [6.07, 6.45) is 0. The number of amides is 1. The summed E-state index contributed by atoms with van der Waals surface area (Å²) in [7, 11) is 1.56. The third-order valence-corrected chi connectivity index (χ3v) is 6.17. The molecule has 0 saturated carbocycles. The zero-order valence-corrected chi connectivity index (χ0v) is 18.4. The number of benzene rings is 2. The van der Waals surface area contributed by atoms with E-state index in [4.69, 9.17) is 9.47 Å². The Kier molecular flexibility index (Phi) is 5.30. The van der Waals surface area contributed by atoms with E-state index in [0.717, 1.165) is 26.6 Å². The zero-order chi connectivity index (χ0) is 21.5. The molecule has 156 valence electrons. The maximum atomic E-state index is 13.1. The van der Waals surface area contributed by atoms with Crippen LogP contribution in [-0.4, -0.2) is 30.3 Å². The molecule has 1 aromatic heterocycles. The van der Waals surface area contributed by atoms with Crippen LogP contribution < -0.4 is 14.4 Å². The largest absolute Gasteiger partial charge is 0.493 e. The molecular formula is C24H25NO4S. The predicted molar refractivity (Wildman–Crippen MR) is 120 cm³/mol. The molecule has 6 heteroatoms. The van der Waals surface area contributed by atoms with Crippen molar-refractivity contribution in [2.24, 2.45) is 0 Å². The van der Waals surface area contributed by atoms with Crippen molar-refractivity contribution in [3.63, 3.8) is 0 Å². The third-order valence-electron chi connectivity index (χ3n) is 4.95. The second-order valence-corrected chi connectivity index (χ2v) is 9.21. The lowest BCUT2D eigenvalue weighted by atomic mass is 10.1. The summed E-state index contributed by atoms with van der Waals surface area (Å²) in [5.74, 6) is 1.06. The lowest BCUT2D eigenvalue weighted by Crippen LogP contribution is -2.28. The molecule has 3 aromatic rings. The highest BCUT2D eigenvalue weighted by atomic mass is 32.1. The minimum Gasteiger partial charge on any atom is -0.493 e. The molecule has 2 aromatic carbocycles. The van der Waals surface area contributed by atoms with Gasteiger partial charge in [-0.25, -0.2) is 0 Å². The number of carbonyl (C=O) groups excluding carboxylic acids is 1. The first-order valence-corrected chi connectivity index (χ1v) is 10.6. The first-order chi connectivity index (χ1) is 14.2. The van der Waals surface area contributed by atoms with Crippen LogP contribution in [0.1, 0.15) is 34.6 Å².